The lowest BCUT2D eigenvalue weighted by molar-refractivity contribution is 0.873. The quantitative estimate of drug-likeness (QED) is 0.121. The number of nitrogen functional groups attached to an aromatic ring is 3. The van der Waals surface area contributed by atoms with Gasteiger partial charge in [-0.2, -0.15) is 0 Å². The van der Waals surface area contributed by atoms with E-state index < -0.39 is 0 Å². The lowest BCUT2D eigenvalue weighted by Crippen LogP contribution is -2.09. The van der Waals surface area contributed by atoms with Gasteiger partial charge in [0.2, 0.25) is 0 Å². The molecule has 0 atom stereocenters. The van der Waals surface area contributed by atoms with E-state index in [1.807, 2.05) is 68.4 Å². The Morgan fingerprint density at radius 2 is 1.13 bits per heavy atom. The Labute approximate surface area is 235 Å². The number of hydrogen-bond donors (Lipinski definition) is 9. The predicted molar refractivity (Wildman–Crippen MR) is 173 cm³/mol. The normalized spacial score (nSPS) is 10.0. The molecular weight excluding hydrogens is 486 g/mol. The highest BCUT2D eigenvalue weighted by Gasteiger charge is 1.99. The first kappa shape index (κ1) is 33.4. The van der Waals surface area contributed by atoms with Gasteiger partial charge in [0.05, 0.1) is 0 Å². The van der Waals surface area contributed by atoms with Crippen LogP contribution >= 0.6 is 0 Å². The largest absolute Gasteiger partial charge is 0.399 e. The van der Waals surface area contributed by atoms with Gasteiger partial charge >= 0.3 is 0 Å². The predicted octanol–water partition coefficient (Wildman–Crippen LogP) is 4.01. The fourth-order valence-electron chi connectivity index (χ4n) is 3.41. The molecule has 0 aromatic heterocycles. The summed E-state index contributed by atoms with van der Waals surface area (Å²) >= 11 is 0. The van der Waals surface area contributed by atoms with Gasteiger partial charge in [-0.3, -0.25) is 0 Å². The number of anilines is 6. The Balaban J connectivity index is 0.000000292. The fraction of sp³-hybridized carbons (Fsp3) is 0.400. The molecule has 0 saturated heterocycles. The molecule has 3 aromatic rings. The SMILES string of the molecule is Cc1c(N)cccc1NCCCN.Cc1ccc(N)cc1NCCCN.Cc1ccc(NCCCN)cc1N. The van der Waals surface area contributed by atoms with Gasteiger partial charge in [-0.15, -0.1) is 0 Å². The topological polar surface area (TPSA) is 192 Å². The Bertz CT molecular complexity index is 1080. The number of benzene rings is 3. The second-order valence-corrected chi connectivity index (χ2v) is 9.37. The summed E-state index contributed by atoms with van der Waals surface area (Å²) in [4.78, 5) is 0. The summed E-state index contributed by atoms with van der Waals surface area (Å²) in [6, 6.07) is 17.8. The average molecular weight is 538 g/mol. The van der Waals surface area contributed by atoms with Crippen molar-refractivity contribution in [2.24, 2.45) is 17.2 Å². The Morgan fingerprint density at radius 1 is 0.564 bits per heavy atom. The summed E-state index contributed by atoms with van der Waals surface area (Å²) in [5.41, 5.74) is 42.5. The van der Waals surface area contributed by atoms with E-state index in [0.717, 1.165) is 84.1 Å². The number of aryl methyl sites for hydroxylation is 2. The third-order valence-electron chi connectivity index (χ3n) is 6.02. The van der Waals surface area contributed by atoms with Crippen LogP contribution in [0, 0.1) is 20.8 Å². The average Bonchev–Trinajstić information content (AvgIpc) is 2.92. The van der Waals surface area contributed by atoms with Gasteiger partial charge in [-0.05, 0) is 113 Å². The molecule has 0 fully saturated rings. The van der Waals surface area contributed by atoms with Gasteiger partial charge in [0.15, 0.2) is 0 Å². The summed E-state index contributed by atoms with van der Waals surface area (Å²) in [5.74, 6) is 0. The molecule has 0 aliphatic heterocycles. The van der Waals surface area contributed by atoms with E-state index in [1.54, 1.807) is 0 Å². The third kappa shape index (κ3) is 13.6. The molecular formula is C30H51N9. The molecule has 0 saturated carbocycles. The molecule has 39 heavy (non-hydrogen) atoms. The van der Waals surface area contributed by atoms with Crippen LogP contribution in [0.5, 0.6) is 0 Å². The summed E-state index contributed by atoms with van der Waals surface area (Å²) in [6.45, 7) is 10.9. The van der Waals surface area contributed by atoms with Crippen LogP contribution in [-0.4, -0.2) is 39.3 Å². The summed E-state index contributed by atoms with van der Waals surface area (Å²) < 4.78 is 0. The molecule has 0 aliphatic rings. The van der Waals surface area contributed by atoms with Crippen molar-refractivity contribution in [1.29, 1.82) is 0 Å². The monoisotopic (exact) mass is 537 g/mol. The van der Waals surface area contributed by atoms with E-state index in [2.05, 4.69) is 22.9 Å². The summed E-state index contributed by atoms with van der Waals surface area (Å²) in [7, 11) is 0. The van der Waals surface area contributed by atoms with Crippen molar-refractivity contribution in [2.75, 3.05) is 72.4 Å². The molecule has 0 bridgehead atoms. The lowest BCUT2D eigenvalue weighted by Gasteiger charge is -2.10. The number of nitrogens with two attached hydrogens (primary N) is 6. The Morgan fingerprint density at radius 3 is 1.72 bits per heavy atom. The van der Waals surface area contributed by atoms with E-state index in [4.69, 9.17) is 34.4 Å². The molecule has 9 heteroatoms. The van der Waals surface area contributed by atoms with Gasteiger partial charge in [-0.1, -0.05) is 18.2 Å². The Kier molecular flexibility index (Phi) is 16.6. The molecule has 3 aromatic carbocycles. The molecule has 0 aliphatic carbocycles. The van der Waals surface area contributed by atoms with Crippen LogP contribution < -0.4 is 50.4 Å². The zero-order valence-electron chi connectivity index (χ0n) is 24.0. The van der Waals surface area contributed by atoms with E-state index in [9.17, 15) is 0 Å². The number of nitrogens with one attached hydrogen (secondary N) is 3. The maximum atomic E-state index is 5.76. The van der Waals surface area contributed by atoms with Gasteiger partial charge < -0.3 is 50.4 Å². The second-order valence-electron chi connectivity index (χ2n) is 9.37. The van der Waals surface area contributed by atoms with Crippen molar-refractivity contribution in [2.45, 2.75) is 40.0 Å². The van der Waals surface area contributed by atoms with Crippen molar-refractivity contribution in [3.8, 4) is 0 Å². The number of hydrogen-bond acceptors (Lipinski definition) is 9. The third-order valence-corrected chi connectivity index (χ3v) is 6.02. The molecule has 3 rings (SSSR count). The molecule has 0 amide bonds. The van der Waals surface area contributed by atoms with Crippen molar-refractivity contribution < 1.29 is 0 Å². The second kappa shape index (κ2) is 19.4. The van der Waals surface area contributed by atoms with Gasteiger partial charge in [0, 0.05) is 53.8 Å². The van der Waals surface area contributed by atoms with Crippen LogP contribution in [0.4, 0.5) is 34.1 Å². The first-order valence-corrected chi connectivity index (χ1v) is 13.6. The fourth-order valence-corrected chi connectivity index (χ4v) is 3.41. The smallest absolute Gasteiger partial charge is 0.0390 e. The first-order valence-electron chi connectivity index (χ1n) is 13.6. The van der Waals surface area contributed by atoms with Crippen molar-refractivity contribution in [3.05, 3.63) is 71.3 Å². The highest BCUT2D eigenvalue weighted by molar-refractivity contribution is 5.63. The zero-order chi connectivity index (χ0) is 29.0. The zero-order valence-corrected chi connectivity index (χ0v) is 24.0. The van der Waals surface area contributed by atoms with Crippen LogP contribution in [0.1, 0.15) is 36.0 Å². The van der Waals surface area contributed by atoms with Crippen LogP contribution in [0.3, 0.4) is 0 Å². The van der Waals surface area contributed by atoms with Crippen LogP contribution in [0.2, 0.25) is 0 Å². The minimum atomic E-state index is 0.717. The molecule has 15 N–H and O–H groups in total. The molecule has 0 heterocycles. The first-order chi connectivity index (χ1) is 18.7. The number of rotatable bonds is 12. The Hall–Kier alpha value is -3.66. The van der Waals surface area contributed by atoms with Gasteiger partial charge in [0.1, 0.15) is 0 Å². The maximum Gasteiger partial charge on any atom is 0.0390 e. The van der Waals surface area contributed by atoms with Crippen LogP contribution in [-0.2, 0) is 0 Å². The van der Waals surface area contributed by atoms with Crippen LogP contribution in [0.25, 0.3) is 0 Å². The molecule has 0 unspecified atom stereocenters. The molecule has 0 radical (unpaired) electrons. The molecule has 9 nitrogen and oxygen atoms in total. The molecule has 0 spiro atoms. The van der Waals surface area contributed by atoms with Crippen molar-refractivity contribution in [1.82, 2.24) is 0 Å². The van der Waals surface area contributed by atoms with E-state index in [-0.39, 0.29) is 0 Å². The highest BCUT2D eigenvalue weighted by Crippen LogP contribution is 2.20. The van der Waals surface area contributed by atoms with E-state index in [0.29, 0.717) is 19.6 Å². The lowest BCUT2D eigenvalue weighted by atomic mass is 10.1. The maximum absolute atomic E-state index is 5.76. The highest BCUT2D eigenvalue weighted by atomic mass is 14.9. The summed E-state index contributed by atoms with van der Waals surface area (Å²) in [5, 5.41) is 9.84. The standard InChI is InChI=1S/3C10H17N3/c1-8-3-4-9(7-10(8)12)13-6-2-5-11;1-8-3-4-9(12)7-10(8)13-6-2-5-11;1-8-9(12)4-2-5-10(8)13-7-3-6-11/h2*3-4,7,13H,2,5-6,11-12H2,1H3;2,4-5,13H,3,6-7,11-12H2,1H3. The molecule has 216 valence electrons. The van der Waals surface area contributed by atoms with Gasteiger partial charge in [0.25, 0.3) is 0 Å². The summed E-state index contributed by atoms with van der Waals surface area (Å²) in [6.07, 6.45) is 2.94. The van der Waals surface area contributed by atoms with Crippen LogP contribution in [0.15, 0.2) is 54.6 Å². The van der Waals surface area contributed by atoms with Gasteiger partial charge in [-0.25, -0.2) is 0 Å². The van der Waals surface area contributed by atoms with Crippen molar-refractivity contribution >= 4 is 34.1 Å². The minimum Gasteiger partial charge on any atom is -0.399 e. The van der Waals surface area contributed by atoms with Crippen molar-refractivity contribution in [3.63, 3.8) is 0 Å². The van der Waals surface area contributed by atoms with E-state index >= 15 is 0 Å². The van der Waals surface area contributed by atoms with E-state index in [1.165, 1.54) is 5.56 Å². The minimum absolute atomic E-state index is 0.717.